The number of hydroxylamine groups is 2. The Labute approximate surface area is 154 Å². The number of aryl methyl sites for hydroxylation is 1. The van der Waals surface area contributed by atoms with E-state index in [9.17, 15) is 10.0 Å². The van der Waals surface area contributed by atoms with Crippen LogP contribution in [0.5, 0.6) is 0 Å². The first-order chi connectivity index (χ1) is 12.7. The Balaban J connectivity index is 2.08. The summed E-state index contributed by atoms with van der Waals surface area (Å²) in [5.74, 6) is -0.472. The zero-order valence-electron chi connectivity index (χ0n) is 15.1. The van der Waals surface area contributed by atoms with Gasteiger partial charge in [-0.3, -0.25) is 5.21 Å². The Bertz CT molecular complexity index is 822. The number of allylic oxidation sites excluding steroid dienone is 2. The third-order valence-electron chi connectivity index (χ3n) is 4.44. The summed E-state index contributed by atoms with van der Waals surface area (Å²) < 4.78 is 5.09. The highest BCUT2D eigenvalue weighted by atomic mass is 16.6. The zero-order valence-corrected chi connectivity index (χ0v) is 15.1. The van der Waals surface area contributed by atoms with Gasteiger partial charge in [-0.2, -0.15) is 0 Å². The van der Waals surface area contributed by atoms with E-state index in [0.29, 0.717) is 5.70 Å². The fraction of sp³-hybridized carbons (Fsp3) is 0.227. The van der Waals surface area contributed by atoms with Crippen LogP contribution < -0.4 is 0 Å². The lowest BCUT2D eigenvalue weighted by molar-refractivity contribution is -0.157. The predicted octanol–water partition coefficient (Wildman–Crippen LogP) is 4.31. The van der Waals surface area contributed by atoms with Crippen molar-refractivity contribution in [2.45, 2.75) is 26.3 Å². The molecule has 0 saturated heterocycles. The van der Waals surface area contributed by atoms with Gasteiger partial charge < -0.3 is 4.74 Å². The van der Waals surface area contributed by atoms with E-state index in [4.69, 9.17) is 4.74 Å². The van der Waals surface area contributed by atoms with Crippen molar-refractivity contribution in [2.24, 2.45) is 0 Å². The summed E-state index contributed by atoms with van der Waals surface area (Å²) >= 11 is 0. The molecule has 0 spiro atoms. The van der Waals surface area contributed by atoms with Crippen LogP contribution in [0.25, 0.3) is 11.3 Å². The average Bonchev–Trinajstić information content (AvgIpc) is 2.68. The Morgan fingerprint density at radius 3 is 2.35 bits per heavy atom. The van der Waals surface area contributed by atoms with Crippen LogP contribution in [0, 0.1) is 0 Å². The summed E-state index contributed by atoms with van der Waals surface area (Å²) in [6.07, 6.45) is 4.53. The summed E-state index contributed by atoms with van der Waals surface area (Å²) in [7, 11) is 0. The number of benzene rings is 2. The van der Waals surface area contributed by atoms with Crippen molar-refractivity contribution < 1.29 is 14.7 Å². The molecule has 0 amide bonds. The first-order valence-electron chi connectivity index (χ1n) is 8.87. The molecule has 1 atom stereocenters. The number of nitrogens with zero attached hydrogens (tertiary/aromatic N) is 1. The highest BCUT2D eigenvalue weighted by Gasteiger charge is 2.31. The van der Waals surface area contributed by atoms with E-state index in [1.54, 1.807) is 13.0 Å². The quantitative estimate of drug-likeness (QED) is 0.817. The molecule has 1 unspecified atom stereocenters. The lowest BCUT2D eigenvalue weighted by Crippen LogP contribution is -2.39. The minimum atomic E-state index is -0.858. The Morgan fingerprint density at radius 2 is 1.73 bits per heavy atom. The van der Waals surface area contributed by atoms with E-state index >= 15 is 0 Å². The van der Waals surface area contributed by atoms with Gasteiger partial charge in [0.1, 0.15) is 0 Å². The maximum Gasteiger partial charge on any atom is 0.335 e. The van der Waals surface area contributed by atoms with Crippen molar-refractivity contribution in [3.05, 3.63) is 83.4 Å². The molecule has 26 heavy (non-hydrogen) atoms. The van der Waals surface area contributed by atoms with Gasteiger partial charge >= 0.3 is 5.97 Å². The van der Waals surface area contributed by atoms with Crippen molar-refractivity contribution in [2.75, 3.05) is 6.61 Å². The lowest BCUT2D eigenvalue weighted by atomic mass is 9.94. The van der Waals surface area contributed by atoms with Crippen LogP contribution in [0.3, 0.4) is 0 Å². The number of hydrogen-bond acceptors (Lipinski definition) is 4. The number of carbonyl (C=O) groups is 1. The molecule has 1 aliphatic heterocycles. The molecule has 2 aromatic carbocycles. The molecular weight excluding hydrogens is 326 g/mol. The molecule has 2 aromatic rings. The largest absolute Gasteiger partial charge is 0.464 e. The van der Waals surface area contributed by atoms with Gasteiger partial charge in [0.05, 0.1) is 12.3 Å². The second-order valence-electron chi connectivity index (χ2n) is 6.08. The third-order valence-corrected chi connectivity index (χ3v) is 4.44. The topological polar surface area (TPSA) is 49.8 Å². The van der Waals surface area contributed by atoms with Crippen LogP contribution in [0.4, 0.5) is 0 Å². The summed E-state index contributed by atoms with van der Waals surface area (Å²) in [4.78, 5) is 12.2. The van der Waals surface area contributed by atoms with Crippen LogP contribution in [0.2, 0.25) is 0 Å². The van der Waals surface area contributed by atoms with Gasteiger partial charge in [-0.15, -0.1) is 0 Å². The zero-order chi connectivity index (χ0) is 18.5. The van der Waals surface area contributed by atoms with Gasteiger partial charge in [0.25, 0.3) is 0 Å². The van der Waals surface area contributed by atoms with E-state index in [1.807, 2.05) is 48.5 Å². The van der Waals surface area contributed by atoms with Crippen molar-refractivity contribution >= 4 is 17.2 Å². The molecule has 0 aromatic heterocycles. The van der Waals surface area contributed by atoms with Crippen molar-refractivity contribution in [1.29, 1.82) is 0 Å². The summed E-state index contributed by atoms with van der Waals surface area (Å²) in [5, 5.41) is 11.8. The van der Waals surface area contributed by atoms with Crippen molar-refractivity contribution in [3.8, 4) is 0 Å². The second-order valence-corrected chi connectivity index (χ2v) is 6.08. The first kappa shape index (κ1) is 18.0. The van der Waals surface area contributed by atoms with E-state index in [1.165, 1.54) is 5.56 Å². The normalized spacial score (nSPS) is 16.7. The molecule has 0 fully saturated rings. The maximum atomic E-state index is 12.2. The molecule has 1 heterocycles. The Hall–Kier alpha value is -2.85. The Kier molecular flexibility index (Phi) is 5.54. The third kappa shape index (κ3) is 3.55. The summed E-state index contributed by atoms with van der Waals surface area (Å²) in [6, 6.07) is 17.0. The maximum absolute atomic E-state index is 12.2. The smallest absolute Gasteiger partial charge is 0.335 e. The molecule has 4 nitrogen and oxygen atoms in total. The molecular formula is C22H23NO3. The fourth-order valence-electron chi connectivity index (χ4n) is 3.05. The highest BCUT2D eigenvalue weighted by Crippen LogP contribution is 2.34. The molecule has 134 valence electrons. The number of carbonyl (C=O) groups excluding carboxylic acids is 1. The van der Waals surface area contributed by atoms with Crippen LogP contribution in [-0.2, 0) is 16.0 Å². The highest BCUT2D eigenvalue weighted by molar-refractivity contribution is 5.98. The van der Waals surface area contributed by atoms with E-state index in [-0.39, 0.29) is 6.61 Å². The standard InChI is InChI=1S/C22H23NO3/c1-3-16-10-12-17(13-11-16)19-14-15-20(22(24)26-4-2)23(25)21(19)18-8-6-5-7-9-18/h5-15,20,25H,3-4H2,1-2H3. The van der Waals surface area contributed by atoms with E-state index < -0.39 is 12.0 Å². The van der Waals surface area contributed by atoms with Gasteiger partial charge in [0.15, 0.2) is 6.04 Å². The number of rotatable bonds is 5. The molecule has 3 rings (SSSR count). The van der Waals surface area contributed by atoms with Gasteiger partial charge in [0, 0.05) is 11.1 Å². The molecule has 0 saturated carbocycles. The second kappa shape index (κ2) is 8.02. The molecule has 1 N–H and O–H groups in total. The first-order valence-corrected chi connectivity index (χ1v) is 8.87. The molecule has 0 radical (unpaired) electrons. The minimum absolute atomic E-state index is 0.271. The monoisotopic (exact) mass is 349 g/mol. The van der Waals surface area contributed by atoms with Crippen molar-refractivity contribution in [3.63, 3.8) is 0 Å². The van der Waals surface area contributed by atoms with Crippen molar-refractivity contribution in [1.82, 2.24) is 5.06 Å². The van der Waals surface area contributed by atoms with Gasteiger partial charge in [-0.1, -0.05) is 67.6 Å². The van der Waals surface area contributed by atoms with Gasteiger partial charge in [-0.05, 0) is 30.5 Å². The van der Waals surface area contributed by atoms with E-state index in [2.05, 4.69) is 19.1 Å². The van der Waals surface area contributed by atoms with Gasteiger partial charge in [0.2, 0.25) is 0 Å². The number of ether oxygens (including phenoxy) is 1. The molecule has 1 aliphatic rings. The van der Waals surface area contributed by atoms with Crippen LogP contribution in [0.15, 0.2) is 66.7 Å². The minimum Gasteiger partial charge on any atom is -0.464 e. The predicted molar refractivity (Wildman–Crippen MR) is 102 cm³/mol. The Morgan fingerprint density at radius 1 is 1.04 bits per heavy atom. The average molecular weight is 349 g/mol. The van der Waals surface area contributed by atoms with Crippen LogP contribution >= 0.6 is 0 Å². The summed E-state index contributed by atoms with van der Waals surface area (Å²) in [5.41, 5.74) is 4.53. The molecule has 0 aliphatic carbocycles. The molecule has 4 heteroatoms. The van der Waals surface area contributed by atoms with E-state index in [0.717, 1.165) is 28.2 Å². The van der Waals surface area contributed by atoms with Crippen LogP contribution in [-0.4, -0.2) is 28.9 Å². The number of hydrogen-bond donors (Lipinski definition) is 1. The SMILES string of the molecule is CCOC(=O)C1C=CC(c2ccc(CC)cc2)=C(c2ccccc2)N1O. The lowest BCUT2D eigenvalue weighted by Gasteiger charge is -2.31. The summed E-state index contributed by atoms with van der Waals surface area (Å²) in [6.45, 7) is 4.14. The molecule has 0 bridgehead atoms. The number of esters is 1. The fourth-order valence-corrected chi connectivity index (χ4v) is 3.05. The van der Waals surface area contributed by atoms with Gasteiger partial charge in [-0.25, -0.2) is 9.86 Å². The van der Waals surface area contributed by atoms with Crippen LogP contribution in [0.1, 0.15) is 30.5 Å².